The topological polar surface area (TPSA) is 87.6 Å². The van der Waals surface area contributed by atoms with Gasteiger partial charge in [-0.05, 0) is 42.8 Å². The molecule has 4 rings (SSSR count). The summed E-state index contributed by atoms with van der Waals surface area (Å²) < 4.78 is 41.9. The third-order valence-corrected chi connectivity index (χ3v) is 5.12. The van der Waals surface area contributed by atoms with E-state index in [4.69, 9.17) is 9.47 Å². The van der Waals surface area contributed by atoms with Gasteiger partial charge in [0.1, 0.15) is 0 Å². The Hall–Kier alpha value is -3.90. The Balaban J connectivity index is 1.77. The van der Waals surface area contributed by atoms with Crippen LogP contribution in [-0.2, 0) is 11.3 Å². The lowest BCUT2D eigenvalue weighted by atomic mass is 10.1. The summed E-state index contributed by atoms with van der Waals surface area (Å²) in [6.45, 7) is -2.33. The maximum atomic E-state index is 13.0. The normalized spacial score (nSPS) is 15.3. The zero-order valence-electron chi connectivity index (χ0n) is 17.5. The molecule has 0 unspecified atom stereocenters. The molecular weight excluding hydrogens is 432 g/mol. The maximum absolute atomic E-state index is 13.0. The first-order valence-corrected chi connectivity index (χ1v) is 10.3. The van der Waals surface area contributed by atoms with E-state index >= 15 is 0 Å². The van der Waals surface area contributed by atoms with Gasteiger partial charge in [-0.1, -0.05) is 12.1 Å². The lowest BCUT2D eigenvalue weighted by Gasteiger charge is -2.26. The van der Waals surface area contributed by atoms with Crippen LogP contribution in [0.5, 0.6) is 11.5 Å². The number of benzene rings is 2. The fourth-order valence-electron chi connectivity index (χ4n) is 3.56. The lowest BCUT2D eigenvalue weighted by Crippen LogP contribution is -2.23. The second-order valence-electron chi connectivity index (χ2n) is 7.34. The van der Waals surface area contributed by atoms with Gasteiger partial charge in [0.15, 0.2) is 17.8 Å². The highest BCUT2D eigenvalue weighted by molar-refractivity contribution is 5.67. The molecule has 2 aromatic carbocycles. The van der Waals surface area contributed by atoms with Gasteiger partial charge in [0, 0.05) is 35.6 Å². The number of pyridine rings is 1. The average Bonchev–Trinajstić information content (AvgIpc) is 3.33. The predicted molar refractivity (Wildman–Crippen MR) is 117 cm³/mol. The minimum absolute atomic E-state index is 0.100. The molecule has 0 radical (unpaired) electrons. The van der Waals surface area contributed by atoms with E-state index in [2.05, 4.69) is 15.8 Å². The predicted octanol–water partition coefficient (Wildman–Crippen LogP) is 4.70. The van der Waals surface area contributed by atoms with E-state index in [1.165, 1.54) is 12.3 Å². The number of anilines is 2. The van der Waals surface area contributed by atoms with Crippen molar-refractivity contribution in [3.05, 3.63) is 82.3 Å². The molecule has 1 aromatic heterocycles. The van der Waals surface area contributed by atoms with E-state index in [1.807, 2.05) is 0 Å². The lowest BCUT2D eigenvalue weighted by molar-refractivity contribution is -0.0632. The van der Waals surface area contributed by atoms with Crippen molar-refractivity contribution in [1.82, 2.24) is 4.98 Å². The van der Waals surface area contributed by atoms with Gasteiger partial charge in [0.05, 0.1) is 24.8 Å². The van der Waals surface area contributed by atoms with E-state index in [0.717, 1.165) is 6.42 Å². The van der Waals surface area contributed by atoms with Gasteiger partial charge in [0.2, 0.25) is 0 Å². The average molecular weight is 453 g/mol. The molecule has 0 spiro atoms. The number of ether oxygens (including phenoxy) is 3. The summed E-state index contributed by atoms with van der Waals surface area (Å²) in [6.07, 6.45) is 2.41. The molecule has 33 heavy (non-hydrogen) atoms. The molecule has 0 bridgehead atoms. The maximum Gasteiger partial charge on any atom is 0.387 e. The number of aromatic nitrogens is 1. The van der Waals surface area contributed by atoms with Crippen molar-refractivity contribution < 1.29 is 23.0 Å². The zero-order valence-corrected chi connectivity index (χ0v) is 17.5. The fraction of sp³-hybridized carbons (Fsp3) is 0.250. The summed E-state index contributed by atoms with van der Waals surface area (Å²) in [5.74, 6) is -0.0179. The van der Waals surface area contributed by atoms with E-state index in [9.17, 15) is 18.8 Å². The van der Waals surface area contributed by atoms with E-state index in [0.29, 0.717) is 35.5 Å². The van der Waals surface area contributed by atoms with Crippen LogP contribution in [0.15, 0.2) is 65.6 Å². The standard InChI is InChI=1S/C24H21F2N3O4/c25-24(26)33-20-9-8-19(13-21(20)32-22-7-3-11-31-22)29(15-17-5-2-10-28-23(17)30)18-6-1-4-16(12-18)14-27/h1-2,4-6,8-10,12-13,22,24H,3,7,11,15H2,(H,28,30)/t22-/m1/s1. The third kappa shape index (κ3) is 5.48. The minimum atomic E-state index is -3.02. The summed E-state index contributed by atoms with van der Waals surface area (Å²) >= 11 is 0. The number of rotatable bonds is 8. The van der Waals surface area contributed by atoms with Crippen LogP contribution >= 0.6 is 0 Å². The van der Waals surface area contributed by atoms with Gasteiger partial charge < -0.3 is 24.1 Å². The van der Waals surface area contributed by atoms with Gasteiger partial charge in [-0.3, -0.25) is 4.79 Å². The highest BCUT2D eigenvalue weighted by Gasteiger charge is 2.22. The van der Waals surface area contributed by atoms with Gasteiger partial charge in [0.25, 0.3) is 5.56 Å². The van der Waals surface area contributed by atoms with Gasteiger partial charge >= 0.3 is 6.61 Å². The third-order valence-electron chi connectivity index (χ3n) is 5.12. The number of alkyl halides is 2. The Bertz CT molecular complexity index is 1200. The number of nitrogens with one attached hydrogen (secondary N) is 1. The molecule has 9 heteroatoms. The van der Waals surface area contributed by atoms with Crippen LogP contribution in [0.4, 0.5) is 20.2 Å². The van der Waals surface area contributed by atoms with Crippen LogP contribution in [0, 0.1) is 11.3 Å². The number of hydrogen-bond acceptors (Lipinski definition) is 6. The Morgan fingerprint density at radius 3 is 2.73 bits per heavy atom. The Morgan fingerprint density at radius 2 is 2.00 bits per heavy atom. The van der Waals surface area contributed by atoms with Gasteiger partial charge in [-0.15, -0.1) is 0 Å². The molecular formula is C24H21F2N3O4. The molecule has 1 atom stereocenters. The number of H-pyrrole nitrogens is 1. The van der Waals surface area contributed by atoms with Crippen LogP contribution in [0.3, 0.4) is 0 Å². The van der Waals surface area contributed by atoms with Crippen LogP contribution < -0.4 is 19.9 Å². The van der Waals surface area contributed by atoms with E-state index < -0.39 is 12.9 Å². The van der Waals surface area contributed by atoms with Crippen molar-refractivity contribution >= 4 is 11.4 Å². The van der Waals surface area contributed by atoms with Crippen LogP contribution in [0.25, 0.3) is 0 Å². The van der Waals surface area contributed by atoms with Crippen LogP contribution in [-0.4, -0.2) is 24.5 Å². The van der Waals surface area contributed by atoms with Crippen molar-refractivity contribution in [1.29, 1.82) is 5.26 Å². The number of nitriles is 1. The summed E-state index contributed by atoms with van der Waals surface area (Å²) in [5.41, 5.74) is 1.86. The summed E-state index contributed by atoms with van der Waals surface area (Å²) in [6, 6.07) is 16.9. The summed E-state index contributed by atoms with van der Waals surface area (Å²) in [5, 5.41) is 9.33. The summed E-state index contributed by atoms with van der Waals surface area (Å²) in [4.78, 5) is 16.8. The molecule has 2 heterocycles. The highest BCUT2D eigenvalue weighted by atomic mass is 19.3. The highest BCUT2D eigenvalue weighted by Crippen LogP contribution is 2.38. The number of hydrogen-bond donors (Lipinski definition) is 1. The molecule has 3 aromatic rings. The first-order chi connectivity index (χ1) is 16.0. The molecule has 0 aliphatic carbocycles. The fourth-order valence-corrected chi connectivity index (χ4v) is 3.56. The van der Waals surface area contributed by atoms with Crippen molar-refractivity contribution in [3.8, 4) is 17.6 Å². The smallest absolute Gasteiger partial charge is 0.387 e. The molecule has 1 aliphatic rings. The van der Waals surface area contributed by atoms with Crippen molar-refractivity contribution in [2.24, 2.45) is 0 Å². The Labute approximate surface area is 188 Å². The molecule has 1 aliphatic heterocycles. The second-order valence-corrected chi connectivity index (χ2v) is 7.34. The largest absolute Gasteiger partial charge is 0.461 e. The second kappa shape index (κ2) is 10.1. The number of halogens is 2. The monoisotopic (exact) mass is 453 g/mol. The zero-order chi connectivity index (χ0) is 23.2. The molecule has 7 nitrogen and oxygen atoms in total. The molecule has 0 saturated carbocycles. The molecule has 170 valence electrons. The van der Waals surface area contributed by atoms with Crippen molar-refractivity contribution in [3.63, 3.8) is 0 Å². The first kappa shape index (κ1) is 22.3. The quantitative estimate of drug-likeness (QED) is 0.532. The van der Waals surface area contributed by atoms with Crippen molar-refractivity contribution in [2.75, 3.05) is 11.5 Å². The van der Waals surface area contributed by atoms with Crippen LogP contribution in [0.2, 0.25) is 0 Å². The van der Waals surface area contributed by atoms with Crippen LogP contribution in [0.1, 0.15) is 24.0 Å². The number of aromatic amines is 1. The van der Waals surface area contributed by atoms with Gasteiger partial charge in [-0.2, -0.15) is 14.0 Å². The minimum Gasteiger partial charge on any atom is -0.461 e. The molecule has 1 N–H and O–H groups in total. The molecule has 1 fully saturated rings. The molecule has 1 saturated heterocycles. The van der Waals surface area contributed by atoms with Crippen molar-refractivity contribution in [2.45, 2.75) is 32.3 Å². The molecule has 0 amide bonds. The van der Waals surface area contributed by atoms with E-state index in [-0.39, 0.29) is 23.6 Å². The first-order valence-electron chi connectivity index (χ1n) is 10.3. The SMILES string of the molecule is N#Cc1cccc(N(Cc2ccc[nH]c2=O)c2ccc(OC(F)F)c(O[C@@H]3CCCO3)c2)c1. The number of nitrogens with zero attached hydrogens (tertiary/aromatic N) is 2. The Morgan fingerprint density at radius 1 is 1.15 bits per heavy atom. The summed E-state index contributed by atoms with van der Waals surface area (Å²) in [7, 11) is 0. The van der Waals surface area contributed by atoms with Gasteiger partial charge in [-0.25, -0.2) is 0 Å². The van der Waals surface area contributed by atoms with E-state index in [1.54, 1.807) is 53.4 Å². The Kier molecular flexibility index (Phi) is 6.86.